The van der Waals surface area contributed by atoms with Gasteiger partial charge >= 0.3 is 5.97 Å². The predicted molar refractivity (Wildman–Crippen MR) is 131 cm³/mol. The average molecular weight is 453 g/mol. The molecule has 3 atom stereocenters. The molecule has 0 aliphatic heterocycles. The molecule has 0 aromatic heterocycles. The molecule has 0 unspecified atom stereocenters. The van der Waals surface area contributed by atoms with E-state index in [4.69, 9.17) is 4.74 Å². The fourth-order valence-electron chi connectivity index (χ4n) is 3.50. The van der Waals surface area contributed by atoms with Crippen molar-refractivity contribution in [2.45, 2.75) is 66.3 Å². The van der Waals surface area contributed by atoms with Gasteiger partial charge in [-0.15, -0.1) is 0 Å². The third-order valence-corrected chi connectivity index (χ3v) is 5.67. The number of hydrogen-bond acceptors (Lipinski definition) is 4. The van der Waals surface area contributed by atoms with Gasteiger partial charge in [0.1, 0.15) is 11.8 Å². The van der Waals surface area contributed by atoms with E-state index < -0.39 is 17.9 Å². The number of amides is 2. The lowest BCUT2D eigenvalue weighted by Gasteiger charge is -2.24. The monoisotopic (exact) mass is 452 g/mol. The van der Waals surface area contributed by atoms with E-state index in [2.05, 4.69) is 36.6 Å². The van der Waals surface area contributed by atoms with E-state index in [9.17, 15) is 14.4 Å². The summed E-state index contributed by atoms with van der Waals surface area (Å²) in [7, 11) is 0. The summed E-state index contributed by atoms with van der Waals surface area (Å²) in [6.45, 7) is 11.5. The first-order valence-corrected chi connectivity index (χ1v) is 11.6. The molecule has 0 bridgehead atoms. The first-order valence-electron chi connectivity index (χ1n) is 11.6. The molecule has 0 aliphatic carbocycles. The number of anilines is 1. The van der Waals surface area contributed by atoms with Crippen molar-refractivity contribution in [2.24, 2.45) is 11.8 Å². The summed E-state index contributed by atoms with van der Waals surface area (Å²) in [5, 5.41) is 5.57. The third-order valence-electron chi connectivity index (χ3n) is 5.67. The number of hydrogen-bond donors (Lipinski definition) is 2. The summed E-state index contributed by atoms with van der Waals surface area (Å²) < 4.78 is 5.53. The zero-order chi connectivity index (χ0) is 24.5. The molecule has 0 fully saturated rings. The highest BCUT2D eigenvalue weighted by Gasteiger charge is 2.30. The van der Waals surface area contributed by atoms with E-state index in [0.717, 1.165) is 12.0 Å². The largest absolute Gasteiger partial charge is 0.425 e. The first-order chi connectivity index (χ1) is 15.6. The second-order valence-electron chi connectivity index (χ2n) is 9.06. The summed E-state index contributed by atoms with van der Waals surface area (Å²) in [4.78, 5) is 37.0. The van der Waals surface area contributed by atoms with E-state index in [1.165, 1.54) is 12.5 Å². The van der Waals surface area contributed by atoms with Crippen molar-refractivity contribution < 1.29 is 19.1 Å². The highest BCUT2D eigenvalue weighted by molar-refractivity contribution is 5.90. The summed E-state index contributed by atoms with van der Waals surface area (Å²) in [5.74, 6) is -0.469. The molecule has 6 nitrogen and oxygen atoms in total. The van der Waals surface area contributed by atoms with Crippen LogP contribution in [-0.4, -0.2) is 23.8 Å². The van der Waals surface area contributed by atoms with Crippen LogP contribution in [0, 0.1) is 11.8 Å². The maximum Gasteiger partial charge on any atom is 0.334 e. The molecule has 2 N–H and O–H groups in total. The summed E-state index contributed by atoms with van der Waals surface area (Å²) >= 11 is 0. The maximum atomic E-state index is 13.0. The van der Waals surface area contributed by atoms with Gasteiger partial charge in [0.25, 0.3) is 0 Å². The number of ether oxygens (including phenoxy) is 1. The Hall–Kier alpha value is -3.15. The highest BCUT2D eigenvalue weighted by atomic mass is 16.5. The second-order valence-corrected chi connectivity index (χ2v) is 9.06. The van der Waals surface area contributed by atoms with Gasteiger partial charge in [0.2, 0.25) is 11.8 Å². The van der Waals surface area contributed by atoms with Crippen molar-refractivity contribution in [3.8, 4) is 5.75 Å². The summed E-state index contributed by atoms with van der Waals surface area (Å²) in [5.41, 5.74) is 2.76. The van der Waals surface area contributed by atoms with Gasteiger partial charge in [-0.25, -0.2) is 4.79 Å². The zero-order valence-corrected chi connectivity index (χ0v) is 20.5. The van der Waals surface area contributed by atoms with Crippen LogP contribution in [0.15, 0.2) is 48.5 Å². The molecule has 2 aromatic carbocycles. The van der Waals surface area contributed by atoms with Crippen molar-refractivity contribution in [3.05, 3.63) is 59.7 Å². The van der Waals surface area contributed by atoms with Gasteiger partial charge in [-0.2, -0.15) is 0 Å². The molecule has 0 radical (unpaired) electrons. The Bertz CT molecular complexity index is 936. The number of esters is 1. The van der Waals surface area contributed by atoms with Crippen LogP contribution in [0.25, 0.3) is 0 Å². The van der Waals surface area contributed by atoms with Gasteiger partial charge in [-0.1, -0.05) is 58.4 Å². The van der Waals surface area contributed by atoms with E-state index >= 15 is 0 Å². The lowest BCUT2D eigenvalue weighted by Crippen LogP contribution is -2.48. The van der Waals surface area contributed by atoms with Gasteiger partial charge in [-0.3, -0.25) is 9.59 Å². The number of rotatable bonds is 10. The molecule has 0 heterocycles. The fourth-order valence-corrected chi connectivity index (χ4v) is 3.50. The molecule has 0 aliphatic rings. The van der Waals surface area contributed by atoms with E-state index in [-0.39, 0.29) is 17.7 Å². The van der Waals surface area contributed by atoms with Crippen molar-refractivity contribution in [3.63, 3.8) is 0 Å². The minimum absolute atomic E-state index is 0.0966. The molecular weight excluding hydrogens is 416 g/mol. The lowest BCUT2D eigenvalue weighted by molar-refractivity contribution is -0.141. The van der Waals surface area contributed by atoms with Crippen LogP contribution in [0.5, 0.6) is 5.75 Å². The Labute approximate surface area is 197 Å². The lowest BCUT2D eigenvalue weighted by atomic mass is 9.94. The van der Waals surface area contributed by atoms with Gasteiger partial charge < -0.3 is 15.4 Å². The molecule has 0 saturated carbocycles. The van der Waals surface area contributed by atoms with Crippen molar-refractivity contribution in [1.29, 1.82) is 0 Å². The smallest absolute Gasteiger partial charge is 0.334 e. The molecule has 2 amide bonds. The molecule has 2 aromatic rings. The normalized spacial score (nSPS) is 13.7. The van der Waals surface area contributed by atoms with Crippen molar-refractivity contribution in [1.82, 2.24) is 5.32 Å². The minimum Gasteiger partial charge on any atom is -0.425 e. The highest BCUT2D eigenvalue weighted by Crippen LogP contribution is 2.21. The molecule has 178 valence electrons. The topological polar surface area (TPSA) is 84.5 Å². The number of nitrogens with one attached hydrogen (secondary N) is 2. The van der Waals surface area contributed by atoms with Crippen LogP contribution in [0.2, 0.25) is 0 Å². The van der Waals surface area contributed by atoms with Crippen LogP contribution < -0.4 is 15.4 Å². The molecule has 2 rings (SSSR count). The second kappa shape index (κ2) is 12.2. The number of carbonyl (C=O) groups is 3. The molecular formula is C27H36N2O4. The van der Waals surface area contributed by atoms with Gasteiger partial charge in [0.05, 0.1) is 5.92 Å². The van der Waals surface area contributed by atoms with Crippen LogP contribution >= 0.6 is 0 Å². The fraction of sp³-hybridized carbons (Fsp3) is 0.444. The van der Waals surface area contributed by atoms with E-state index in [0.29, 0.717) is 23.8 Å². The standard InChI is InChI=1S/C27H36N2O4/c1-7-18(4)25(27(32)33-24-14-12-23(13-15-24)28-20(6)30)29-26(31)19(5)22-10-8-21(9-11-22)16-17(2)3/h8-15,17-19,25H,7,16H2,1-6H3,(H,28,30)(H,29,31)/t18-,19+,25-/m0/s1. The minimum atomic E-state index is -0.764. The van der Waals surface area contributed by atoms with E-state index in [1.807, 2.05) is 32.9 Å². The zero-order valence-electron chi connectivity index (χ0n) is 20.5. The van der Waals surface area contributed by atoms with Gasteiger partial charge in [-0.05, 0) is 60.6 Å². The maximum absolute atomic E-state index is 13.0. The quantitative estimate of drug-likeness (QED) is 0.389. The third kappa shape index (κ3) is 8.04. The Morgan fingerprint density at radius 2 is 1.52 bits per heavy atom. The van der Waals surface area contributed by atoms with Crippen molar-refractivity contribution in [2.75, 3.05) is 5.32 Å². The van der Waals surface area contributed by atoms with Gasteiger partial charge in [0.15, 0.2) is 0 Å². The van der Waals surface area contributed by atoms with Crippen molar-refractivity contribution >= 4 is 23.5 Å². The van der Waals surface area contributed by atoms with Crippen LogP contribution in [0.4, 0.5) is 5.69 Å². The first kappa shape index (κ1) is 26.1. The Balaban J connectivity index is 2.07. The van der Waals surface area contributed by atoms with E-state index in [1.54, 1.807) is 24.3 Å². The Morgan fingerprint density at radius 1 is 0.909 bits per heavy atom. The number of carbonyl (C=O) groups excluding carboxylic acids is 3. The molecule has 0 spiro atoms. The average Bonchev–Trinajstić information content (AvgIpc) is 2.77. The van der Waals surface area contributed by atoms with Crippen LogP contribution in [0.3, 0.4) is 0 Å². The van der Waals surface area contributed by atoms with Gasteiger partial charge in [0, 0.05) is 12.6 Å². The predicted octanol–water partition coefficient (Wildman–Crippen LogP) is 5.08. The van der Waals surface area contributed by atoms with Crippen LogP contribution in [0.1, 0.15) is 65.0 Å². The Morgan fingerprint density at radius 3 is 2.03 bits per heavy atom. The molecule has 0 saturated heterocycles. The molecule has 6 heteroatoms. The SMILES string of the molecule is CC[C@H](C)[C@H](NC(=O)[C@H](C)c1ccc(CC(C)C)cc1)C(=O)Oc1ccc(NC(C)=O)cc1. The van der Waals surface area contributed by atoms with Crippen LogP contribution in [-0.2, 0) is 20.8 Å². The summed E-state index contributed by atoms with van der Waals surface area (Å²) in [6.07, 6.45) is 1.70. The number of benzene rings is 2. The summed E-state index contributed by atoms with van der Waals surface area (Å²) in [6, 6.07) is 13.9. The Kier molecular flexibility index (Phi) is 9.64. The molecule has 33 heavy (non-hydrogen) atoms.